The van der Waals surface area contributed by atoms with Crippen molar-refractivity contribution in [2.45, 2.75) is 18.7 Å². The predicted molar refractivity (Wildman–Crippen MR) is 142 cm³/mol. The quantitative estimate of drug-likeness (QED) is 0.226. The molecule has 3 aliphatic rings. The molecule has 35 heavy (non-hydrogen) atoms. The fourth-order valence-electron chi connectivity index (χ4n) is 7.00. The van der Waals surface area contributed by atoms with Crippen LogP contribution in [0.1, 0.15) is 23.6 Å². The lowest BCUT2D eigenvalue weighted by atomic mass is 9.41. The molecule has 0 N–H and O–H groups in total. The predicted octanol–water partition coefficient (Wildman–Crippen LogP) is 7.45. The van der Waals surface area contributed by atoms with E-state index in [2.05, 4.69) is 95.8 Å². The maximum Gasteiger partial charge on any atom is 0.345 e. The summed E-state index contributed by atoms with van der Waals surface area (Å²) in [6.45, 7) is 0.0591. The van der Waals surface area contributed by atoms with Crippen LogP contribution in [-0.2, 0) is 6.42 Å². The first-order chi connectivity index (χ1) is 17.4. The Hall–Kier alpha value is -4.18. The maximum atomic E-state index is 6.77. The normalized spacial score (nSPS) is 17.1. The van der Waals surface area contributed by atoms with E-state index in [0.29, 0.717) is 5.82 Å². The summed E-state index contributed by atoms with van der Waals surface area (Å²) in [5, 5.41) is 2.43. The second-order valence-corrected chi connectivity index (χ2v) is 9.95. The highest BCUT2D eigenvalue weighted by molar-refractivity contribution is 6.81. The maximum absolute atomic E-state index is 6.77. The molecule has 3 aliphatic heterocycles. The molecule has 4 heteroatoms. The van der Waals surface area contributed by atoms with E-state index in [-0.39, 0.29) is 6.85 Å². The molecule has 1 atom stereocenters. The Morgan fingerprint density at radius 1 is 0.714 bits per heavy atom. The lowest BCUT2D eigenvalue weighted by Gasteiger charge is -2.39. The van der Waals surface area contributed by atoms with Crippen LogP contribution >= 0.6 is 0 Å². The van der Waals surface area contributed by atoms with Gasteiger partial charge in [-0.2, -0.15) is 0 Å². The van der Waals surface area contributed by atoms with Crippen molar-refractivity contribution < 1.29 is 8.83 Å². The summed E-state index contributed by atoms with van der Waals surface area (Å²) < 4.78 is 13.3. The van der Waals surface area contributed by atoms with Crippen molar-refractivity contribution >= 4 is 45.8 Å². The minimum absolute atomic E-state index is 0.0591. The molecule has 2 aromatic heterocycles. The molecule has 0 aliphatic carbocycles. The van der Waals surface area contributed by atoms with Crippen LogP contribution in [0.25, 0.3) is 44.2 Å². The van der Waals surface area contributed by atoms with E-state index in [4.69, 9.17) is 8.83 Å². The highest BCUT2D eigenvalue weighted by Crippen LogP contribution is 2.55. The summed E-state index contributed by atoms with van der Waals surface area (Å²) in [5.74, 6) is 1.39. The summed E-state index contributed by atoms with van der Waals surface area (Å²) in [7, 11) is 0. The molecule has 4 aromatic carbocycles. The van der Waals surface area contributed by atoms with E-state index in [1.807, 2.05) is 0 Å². The molecule has 0 radical (unpaired) electrons. The Kier molecular flexibility index (Phi) is 3.26. The highest BCUT2D eigenvalue weighted by atomic mass is 16.3. The SMILES string of the molecule is c1ccc2c(c1)-c1c(oc3ccccc13)B1C2CCc2oc3cccc4c3c2N1c1ccccc1-4. The minimum atomic E-state index is 0.0591. The number of para-hydroxylation sites is 2. The molecule has 0 bridgehead atoms. The smallest absolute Gasteiger partial charge is 0.345 e. The molecular weight excluding hydrogens is 429 g/mol. The Morgan fingerprint density at radius 2 is 1.49 bits per heavy atom. The van der Waals surface area contributed by atoms with Gasteiger partial charge in [0.15, 0.2) is 0 Å². The Balaban J connectivity index is 1.44. The van der Waals surface area contributed by atoms with Gasteiger partial charge < -0.3 is 13.6 Å². The van der Waals surface area contributed by atoms with Crippen LogP contribution < -0.4 is 10.5 Å². The van der Waals surface area contributed by atoms with Crippen LogP contribution in [0.15, 0.2) is 99.8 Å². The third-order valence-electron chi connectivity index (χ3n) is 8.32. The summed E-state index contributed by atoms with van der Waals surface area (Å²) in [5.41, 5.74) is 12.0. The number of rotatable bonds is 0. The standard InChI is InChI=1S/C31H20BNO2/c1-2-10-20-18(8-1)23-16-17-27-30-29-21(12-7-15-26(29)34-27)19-9-3-5-13-24(19)33(30)32(23)31-28(20)22-11-4-6-14-25(22)35-31/h1-15,23H,16-17H2. The van der Waals surface area contributed by atoms with Crippen molar-refractivity contribution in [3.05, 3.63) is 102 Å². The number of anilines is 2. The van der Waals surface area contributed by atoms with Crippen molar-refractivity contribution in [2.75, 3.05) is 4.81 Å². The Morgan fingerprint density at radius 3 is 2.46 bits per heavy atom. The second-order valence-electron chi connectivity index (χ2n) is 9.95. The summed E-state index contributed by atoms with van der Waals surface area (Å²) in [4.78, 5) is 2.55. The molecule has 5 heterocycles. The minimum Gasteiger partial charge on any atom is -0.468 e. The van der Waals surface area contributed by atoms with Crippen molar-refractivity contribution in [3.8, 4) is 22.3 Å². The van der Waals surface area contributed by atoms with Gasteiger partial charge in [-0.15, -0.1) is 0 Å². The van der Waals surface area contributed by atoms with Gasteiger partial charge in [-0.05, 0) is 47.1 Å². The summed E-state index contributed by atoms with van der Waals surface area (Å²) in [6.07, 6.45) is 1.92. The van der Waals surface area contributed by atoms with Crippen molar-refractivity contribution in [3.63, 3.8) is 0 Å². The van der Waals surface area contributed by atoms with Crippen LogP contribution in [0.5, 0.6) is 0 Å². The van der Waals surface area contributed by atoms with Crippen molar-refractivity contribution in [1.82, 2.24) is 0 Å². The van der Waals surface area contributed by atoms with E-state index in [0.717, 1.165) is 35.4 Å². The van der Waals surface area contributed by atoms with Gasteiger partial charge in [0.05, 0.1) is 11.1 Å². The lowest BCUT2D eigenvalue weighted by Crippen LogP contribution is -2.52. The number of nitrogens with zero attached hydrogens (tertiary/aromatic N) is 1. The van der Waals surface area contributed by atoms with E-state index >= 15 is 0 Å². The molecule has 9 rings (SSSR count). The average molecular weight is 449 g/mol. The van der Waals surface area contributed by atoms with Gasteiger partial charge in [-0.1, -0.05) is 72.8 Å². The topological polar surface area (TPSA) is 29.5 Å². The van der Waals surface area contributed by atoms with Gasteiger partial charge >= 0.3 is 6.85 Å². The Labute approximate surface area is 202 Å². The van der Waals surface area contributed by atoms with Gasteiger partial charge in [-0.25, -0.2) is 0 Å². The zero-order valence-corrected chi connectivity index (χ0v) is 19.0. The first-order valence-corrected chi connectivity index (χ1v) is 12.4. The number of benzene rings is 4. The van der Waals surface area contributed by atoms with Crippen molar-refractivity contribution in [2.24, 2.45) is 0 Å². The van der Waals surface area contributed by atoms with Crippen LogP contribution in [0.3, 0.4) is 0 Å². The molecule has 6 aromatic rings. The summed E-state index contributed by atoms with van der Waals surface area (Å²) >= 11 is 0. The molecule has 0 amide bonds. The van der Waals surface area contributed by atoms with E-state index in [9.17, 15) is 0 Å². The second kappa shape index (κ2) is 6.28. The molecular formula is C31H20BNO2. The van der Waals surface area contributed by atoms with Gasteiger partial charge in [0, 0.05) is 28.6 Å². The van der Waals surface area contributed by atoms with Gasteiger partial charge in [-0.3, -0.25) is 0 Å². The third-order valence-corrected chi connectivity index (χ3v) is 8.32. The van der Waals surface area contributed by atoms with Gasteiger partial charge in [0.25, 0.3) is 0 Å². The number of furan rings is 2. The molecule has 1 unspecified atom stereocenters. The average Bonchev–Trinajstić information content (AvgIpc) is 3.42. The van der Waals surface area contributed by atoms with Gasteiger partial charge in [0.1, 0.15) is 22.6 Å². The van der Waals surface area contributed by atoms with Crippen LogP contribution in [0.4, 0.5) is 11.4 Å². The van der Waals surface area contributed by atoms with E-state index in [1.54, 1.807) is 0 Å². The molecule has 0 saturated carbocycles. The lowest BCUT2D eigenvalue weighted by molar-refractivity contribution is 0.539. The summed E-state index contributed by atoms with van der Waals surface area (Å²) in [6, 6.07) is 32.7. The van der Waals surface area contributed by atoms with Crippen LogP contribution in [0.2, 0.25) is 0 Å². The highest BCUT2D eigenvalue weighted by Gasteiger charge is 2.50. The largest absolute Gasteiger partial charge is 0.468 e. The van der Waals surface area contributed by atoms with Crippen LogP contribution in [0, 0.1) is 0 Å². The van der Waals surface area contributed by atoms with Gasteiger partial charge in [0.2, 0.25) is 0 Å². The molecule has 0 saturated heterocycles. The zero-order valence-electron chi connectivity index (χ0n) is 19.0. The first kappa shape index (κ1) is 18.2. The number of aryl methyl sites for hydroxylation is 1. The zero-order chi connectivity index (χ0) is 22.7. The first-order valence-electron chi connectivity index (χ1n) is 12.4. The number of fused-ring (bicyclic) bond motifs is 12. The number of hydrogen-bond donors (Lipinski definition) is 0. The van der Waals surface area contributed by atoms with E-state index < -0.39 is 0 Å². The van der Waals surface area contributed by atoms with Crippen LogP contribution in [-0.4, -0.2) is 6.85 Å². The van der Waals surface area contributed by atoms with Crippen molar-refractivity contribution in [1.29, 1.82) is 0 Å². The number of hydrogen-bond acceptors (Lipinski definition) is 3. The molecule has 3 nitrogen and oxygen atoms in total. The monoisotopic (exact) mass is 449 g/mol. The molecule has 164 valence electrons. The fraction of sp³-hybridized carbons (Fsp3) is 0.0968. The fourth-order valence-corrected chi connectivity index (χ4v) is 7.00. The van der Waals surface area contributed by atoms with E-state index in [1.165, 1.54) is 50.0 Å². The molecule has 0 spiro atoms. The molecule has 0 fully saturated rings. The Bertz CT molecular complexity index is 1840. The third kappa shape index (κ3) is 2.14.